The van der Waals surface area contributed by atoms with Crippen molar-refractivity contribution in [1.29, 1.82) is 0 Å². The standard InChI is InChI=1S/2C10H30O5Si5/c2*1-16(2)11-17(3,4)13-19(7,8)15-20(9,10)14-18(5,6)12-16/h2*1-10H3. The Morgan fingerprint density at radius 2 is 0.200 bits per heavy atom. The molecule has 0 radical (unpaired) electrons. The van der Waals surface area contributed by atoms with Gasteiger partial charge in [0.25, 0.3) is 0 Å². The maximum atomic E-state index is 6.30. The van der Waals surface area contributed by atoms with E-state index in [1.165, 1.54) is 0 Å². The van der Waals surface area contributed by atoms with Crippen molar-refractivity contribution in [1.82, 2.24) is 0 Å². The van der Waals surface area contributed by atoms with Crippen LogP contribution in [0.5, 0.6) is 0 Å². The van der Waals surface area contributed by atoms with Crippen molar-refractivity contribution in [2.45, 2.75) is 131 Å². The summed E-state index contributed by atoms with van der Waals surface area (Å²) in [7, 11) is -22.6. The molecule has 0 atom stereocenters. The maximum absolute atomic E-state index is 6.30. The molecule has 2 aliphatic rings. The molecule has 40 heavy (non-hydrogen) atoms. The fourth-order valence-electron chi connectivity index (χ4n) is 6.13. The fourth-order valence-corrected chi connectivity index (χ4v) is 58.9. The van der Waals surface area contributed by atoms with Gasteiger partial charge in [-0.15, -0.1) is 0 Å². The third-order valence-electron chi connectivity index (χ3n) is 4.92. The van der Waals surface area contributed by atoms with E-state index in [0.717, 1.165) is 0 Å². The Morgan fingerprint density at radius 3 is 0.250 bits per heavy atom. The molecule has 0 amide bonds. The minimum absolute atomic E-state index is 2.08. The summed E-state index contributed by atoms with van der Waals surface area (Å²) in [6.07, 6.45) is 0. The van der Waals surface area contributed by atoms with Crippen LogP contribution in [0, 0.1) is 0 Å². The first-order valence-electron chi connectivity index (χ1n) is 14.1. The Bertz CT molecular complexity index is 606. The lowest BCUT2D eigenvalue weighted by atomic mass is 11.9. The molecule has 2 fully saturated rings. The van der Waals surface area contributed by atoms with E-state index in [9.17, 15) is 0 Å². The highest BCUT2D eigenvalue weighted by atomic mass is 28.5. The zero-order valence-electron chi connectivity index (χ0n) is 29.1. The van der Waals surface area contributed by atoms with Crippen LogP contribution in [0.25, 0.3) is 0 Å². The second kappa shape index (κ2) is 12.5. The van der Waals surface area contributed by atoms with E-state index in [4.69, 9.17) is 41.2 Å². The number of hydrogen-bond donors (Lipinski definition) is 0. The van der Waals surface area contributed by atoms with Crippen molar-refractivity contribution in [3.63, 3.8) is 0 Å². The smallest absolute Gasteiger partial charge is 0.314 e. The first-order valence-corrected chi connectivity index (χ1v) is 42.2. The molecule has 0 bridgehead atoms. The molecule has 0 aromatic heterocycles. The van der Waals surface area contributed by atoms with E-state index in [1.54, 1.807) is 0 Å². The lowest BCUT2D eigenvalue weighted by Gasteiger charge is -2.46. The van der Waals surface area contributed by atoms with Crippen molar-refractivity contribution < 1.29 is 41.2 Å². The highest BCUT2D eigenvalue weighted by molar-refractivity contribution is 6.94. The van der Waals surface area contributed by atoms with Crippen LogP contribution in [0.4, 0.5) is 0 Å². The van der Waals surface area contributed by atoms with Crippen molar-refractivity contribution in [2.75, 3.05) is 0 Å². The normalized spacial score (nSPS) is 31.5. The summed E-state index contributed by atoms with van der Waals surface area (Å²) in [6, 6.07) is 0. The van der Waals surface area contributed by atoms with Crippen LogP contribution in [-0.4, -0.2) is 85.6 Å². The summed E-state index contributed by atoms with van der Waals surface area (Å²) in [5, 5.41) is 0. The molecular weight excluding hydrogens is 681 g/mol. The number of rotatable bonds is 0. The van der Waals surface area contributed by atoms with Gasteiger partial charge in [0, 0.05) is 0 Å². The van der Waals surface area contributed by atoms with Crippen LogP contribution in [0.15, 0.2) is 0 Å². The van der Waals surface area contributed by atoms with Crippen LogP contribution >= 0.6 is 0 Å². The van der Waals surface area contributed by atoms with Gasteiger partial charge < -0.3 is 41.2 Å². The van der Waals surface area contributed by atoms with Gasteiger partial charge >= 0.3 is 85.6 Å². The first kappa shape index (κ1) is 39.8. The molecule has 2 heterocycles. The Hall–Kier alpha value is 1.77. The largest absolute Gasteiger partial charge is 0.416 e. The van der Waals surface area contributed by atoms with Gasteiger partial charge in [-0.2, -0.15) is 0 Å². The third-order valence-corrected chi connectivity index (χ3v) is 44.2. The van der Waals surface area contributed by atoms with Gasteiger partial charge in [0.2, 0.25) is 0 Å². The SMILES string of the molecule is C[Si]1(C)O[Si](C)(C)O[Si](C)(C)O[Si](C)(C)O[Si](C)(C)O1.C[Si]1(C)O[Si](C)(C)O[Si](C)(C)O[Si](C)(C)O[Si](C)(C)O1. The van der Waals surface area contributed by atoms with E-state index in [0.29, 0.717) is 0 Å². The van der Waals surface area contributed by atoms with Crippen LogP contribution < -0.4 is 0 Å². The first-order chi connectivity index (χ1) is 17.1. The van der Waals surface area contributed by atoms with Crippen molar-refractivity contribution >= 4 is 85.6 Å². The van der Waals surface area contributed by atoms with Crippen molar-refractivity contribution in [3.8, 4) is 0 Å². The fraction of sp³-hybridized carbons (Fsp3) is 1.00. The average Bonchev–Trinajstić information content (AvgIpc) is 2.38. The molecule has 2 rings (SSSR count). The van der Waals surface area contributed by atoms with E-state index < -0.39 is 85.6 Å². The van der Waals surface area contributed by atoms with Gasteiger partial charge in [-0.25, -0.2) is 0 Å². The quantitative estimate of drug-likeness (QED) is 0.238. The van der Waals surface area contributed by atoms with E-state index in [1.807, 2.05) is 0 Å². The molecule has 0 unspecified atom stereocenters. The van der Waals surface area contributed by atoms with Crippen LogP contribution in [0.2, 0.25) is 131 Å². The molecule has 0 spiro atoms. The van der Waals surface area contributed by atoms with Crippen LogP contribution in [-0.2, 0) is 41.2 Å². The minimum Gasteiger partial charge on any atom is -0.416 e. The molecule has 20 heteroatoms. The summed E-state index contributed by atoms with van der Waals surface area (Å²) >= 11 is 0. The van der Waals surface area contributed by atoms with Crippen LogP contribution in [0.1, 0.15) is 0 Å². The van der Waals surface area contributed by atoms with Gasteiger partial charge in [0.15, 0.2) is 0 Å². The van der Waals surface area contributed by atoms with Crippen molar-refractivity contribution in [2.24, 2.45) is 0 Å². The van der Waals surface area contributed by atoms with Crippen LogP contribution in [0.3, 0.4) is 0 Å². The second-order valence-electron chi connectivity index (χ2n) is 15.0. The lowest BCUT2D eigenvalue weighted by molar-refractivity contribution is 0.236. The molecule has 0 N–H and O–H groups in total. The highest BCUT2D eigenvalue weighted by Crippen LogP contribution is 2.32. The van der Waals surface area contributed by atoms with Gasteiger partial charge in [0.1, 0.15) is 0 Å². The minimum atomic E-state index is -2.26. The maximum Gasteiger partial charge on any atom is 0.314 e. The molecule has 2 aliphatic heterocycles. The zero-order chi connectivity index (χ0) is 32.1. The Balaban J connectivity index is 0.000000400. The zero-order valence-corrected chi connectivity index (χ0v) is 39.1. The molecule has 2 saturated heterocycles. The van der Waals surface area contributed by atoms with Gasteiger partial charge in [-0.3, -0.25) is 0 Å². The summed E-state index contributed by atoms with van der Waals surface area (Å²) in [4.78, 5) is 0. The molecule has 10 nitrogen and oxygen atoms in total. The lowest BCUT2D eigenvalue weighted by Crippen LogP contribution is -2.64. The summed E-state index contributed by atoms with van der Waals surface area (Å²) < 4.78 is 63.0. The van der Waals surface area contributed by atoms with Gasteiger partial charge in [0.05, 0.1) is 0 Å². The molecular formula is C20H60O10Si10. The second-order valence-corrected chi connectivity index (χ2v) is 51.2. The average molecular weight is 742 g/mol. The molecule has 0 aromatic carbocycles. The number of hydrogen-bond acceptors (Lipinski definition) is 10. The Kier molecular flexibility index (Phi) is 12.5. The van der Waals surface area contributed by atoms with Gasteiger partial charge in [-0.05, 0) is 131 Å². The monoisotopic (exact) mass is 740 g/mol. The Morgan fingerprint density at radius 1 is 0.150 bits per heavy atom. The molecule has 240 valence electrons. The highest BCUT2D eigenvalue weighted by Gasteiger charge is 2.52. The van der Waals surface area contributed by atoms with Crippen molar-refractivity contribution in [3.05, 3.63) is 0 Å². The van der Waals surface area contributed by atoms with E-state index in [2.05, 4.69) is 131 Å². The third kappa shape index (κ3) is 15.7. The van der Waals surface area contributed by atoms with Gasteiger partial charge in [-0.1, -0.05) is 0 Å². The predicted molar refractivity (Wildman–Crippen MR) is 186 cm³/mol. The van der Waals surface area contributed by atoms with E-state index >= 15 is 0 Å². The molecule has 0 saturated carbocycles. The molecule has 0 aromatic rings. The molecule has 0 aliphatic carbocycles. The Labute approximate surface area is 256 Å². The summed E-state index contributed by atoms with van der Waals surface area (Å²) in [5.74, 6) is 0. The summed E-state index contributed by atoms with van der Waals surface area (Å²) in [6.45, 7) is 41.6. The van der Waals surface area contributed by atoms with E-state index in [-0.39, 0.29) is 0 Å². The summed E-state index contributed by atoms with van der Waals surface area (Å²) in [5.41, 5.74) is 0. The topological polar surface area (TPSA) is 92.3 Å². The predicted octanol–water partition coefficient (Wildman–Crippen LogP) is 7.18.